The van der Waals surface area contributed by atoms with Crippen LogP contribution in [0.25, 0.3) is 10.9 Å². The number of alkyl halides is 9. The van der Waals surface area contributed by atoms with Gasteiger partial charge in [0.1, 0.15) is 5.75 Å². The van der Waals surface area contributed by atoms with Gasteiger partial charge in [-0.15, -0.1) is 3.63 Å². The van der Waals surface area contributed by atoms with Gasteiger partial charge in [0.2, 0.25) is 0 Å². The molecule has 0 radical (unpaired) electrons. The molecule has 0 aliphatic rings. The molecule has 0 spiro atoms. The van der Waals surface area contributed by atoms with E-state index >= 15 is 0 Å². The van der Waals surface area contributed by atoms with Crippen LogP contribution < -0.4 is 4.18 Å². The molecule has 21 heteroatoms. The molecule has 0 fully saturated rings. The Hall–Kier alpha value is -2.39. The normalized spacial score (nSPS) is 13.8. The molecule has 0 unspecified atom stereocenters. The second-order valence-corrected chi connectivity index (χ2v) is 10.0. The van der Waals surface area contributed by atoms with Crippen molar-refractivity contribution in [1.29, 1.82) is 0 Å². The van der Waals surface area contributed by atoms with E-state index in [1.807, 2.05) is 3.63 Å². The highest BCUT2D eigenvalue weighted by molar-refractivity contribution is 8.00. The van der Waals surface area contributed by atoms with Crippen molar-refractivity contribution in [3.8, 4) is 5.75 Å². The van der Waals surface area contributed by atoms with Crippen LogP contribution in [-0.4, -0.2) is 46.8 Å². The first kappa shape index (κ1) is 28.6. The molecule has 0 aliphatic heterocycles. The van der Waals surface area contributed by atoms with Crippen LogP contribution in [0.5, 0.6) is 5.75 Å². The molecule has 9 nitrogen and oxygen atoms in total. The van der Waals surface area contributed by atoms with Gasteiger partial charge in [0, 0.05) is 17.6 Å². The molecule has 2 aromatic rings. The summed E-state index contributed by atoms with van der Waals surface area (Å²) in [6.45, 7) is 0. The van der Waals surface area contributed by atoms with Crippen molar-refractivity contribution in [2.45, 2.75) is 16.5 Å². The minimum Gasteiger partial charge on any atom is -0.376 e. The average molecular weight is 559 g/mol. The van der Waals surface area contributed by atoms with Gasteiger partial charge in [0.15, 0.2) is 0 Å². The zero-order valence-corrected chi connectivity index (χ0v) is 17.3. The molecule has 188 valence electrons. The number of nitrogens with zero attached hydrogens (tertiary/aromatic N) is 1. The van der Waals surface area contributed by atoms with Crippen LogP contribution in [0.2, 0.25) is 0 Å². The van der Waals surface area contributed by atoms with Crippen molar-refractivity contribution >= 4 is 41.3 Å². The van der Waals surface area contributed by atoms with Gasteiger partial charge in [-0.2, -0.15) is 64.8 Å². The monoisotopic (exact) mass is 559 g/mol. The highest BCUT2D eigenvalue weighted by Crippen LogP contribution is 2.32. The SMILES string of the molecule is O=S(=O)(OS(=O)(=O)C(F)(F)F)C(F)(F)F.O=S(=O)(Oc1ccc2cccnc2c1)C(F)(F)F. The van der Waals surface area contributed by atoms with Crippen LogP contribution >= 0.6 is 0 Å². The second-order valence-electron chi connectivity index (χ2n) is 5.21. The third-order valence-corrected chi connectivity index (χ3v) is 6.36. The van der Waals surface area contributed by atoms with Crippen LogP contribution in [0, 0.1) is 0 Å². The van der Waals surface area contributed by atoms with E-state index in [9.17, 15) is 64.8 Å². The Morgan fingerprint density at radius 1 is 0.667 bits per heavy atom. The molecule has 0 bridgehead atoms. The lowest BCUT2D eigenvalue weighted by Gasteiger charge is -2.09. The van der Waals surface area contributed by atoms with E-state index in [1.165, 1.54) is 12.3 Å². The van der Waals surface area contributed by atoms with E-state index in [1.54, 1.807) is 12.1 Å². The molecule has 33 heavy (non-hydrogen) atoms. The number of halogens is 9. The fraction of sp³-hybridized carbons (Fsp3) is 0.250. The molecule has 0 atom stereocenters. The van der Waals surface area contributed by atoms with Gasteiger partial charge in [-0.1, -0.05) is 6.07 Å². The molecule has 1 aromatic heterocycles. The number of benzene rings is 1. The van der Waals surface area contributed by atoms with E-state index < -0.39 is 52.6 Å². The minimum absolute atomic E-state index is 0.340. The maximum Gasteiger partial charge on any atom is 0.534 e. The number of rotatable bonds is 4. The van der Waals surface area contributed by atoms with E-state index in [2.05, 4.69) is 9.17 Å². The van der Waals surface area contributed by atoms with Crippen LogP contribution in [0.1, 0.15) is 0 Å². The summed E-state index contributed by atoms with van der Waals surface area (Å²) in [6, 6.07) is 7.01. The molecular formula is C12H6F9NO8S3. The van der Waals surface area contributed by atoms with Crippen LogP contribution in [0.4, 0.5) is 39.5 Å². The summed E-state index contributed by atoms with van der Waals surface area (Å²) >= 11 is 0. The highest BCUT2D eigenvalue weighted by Gasteiger charge is 2.57. The fourth-order valence-corrected chi connectivity index (χ4v) is 3.48. The van der Waals surface area contributed by atoms with Gasteiger partial charge in [-0.05, 0) is 18.2 Å². The van der Waals surface area contributed by atoms with Crippen molar-refractivity contribution in [2.75, 3.05) is 0 Å². The Morgan fingerprint density at radius 3 is 1.55 bits per heavy atom. The Bertz CT molecular complexity index is 1270. The van der Waals surface area contributed by atoms with Gasteiger partial charge >= 0.3 is 46.9 Å². The van der Waals surface area contributed by atoms with Crippen molar-refractivity contribution in [3.05, 3.63) is 36.5 Å². The van der Waals surface area contributed by atoms with Crippen LogP contribution in [0.15, 0.2) is 36.5 Å². The van der Waals surface area contributed by atoms with Crippen molar-refractivity contribution in [2.24, 2.45) is 0 Å². The molecular weight excluding hydrogens is 553 g/mol. The minimum atomic E-state index is -6.85. The lowest BCUT2D eigenvalue weighted by molar-refractivity contribution is -0.0586. The summed E-state index contributed by atoms with van der Waals surface area (Å²) in [7, 11) is -19.3. The topological polar surface area (TPSA) is 134 Å². The fourth-order valence-electron chi connectivity index (χ4n) is 1.47. The quantitative estimate of drug-likeness (QED) is 0.315. The summed E-state index contributed by atoms with van der Waals surface area (Å²) in [5, 5.41) is 0.661. The molecule has 1 heterocycles. The smallest absolute Gasteiger partial charge is 0.376 e. The first-order valence-corrected chi connectivity index (χ1v) is 11.4. The zero-order chi connectivity index (χ0) is 26.1. The van der Waals surface area contributed by atoms with E-state index in [-0.39, 0.29) is 0 Å². The Balaban J connectivity index is 0.000000337. The maximum atomic E-state index is 12.1. The molecule has 0 N–H and O–H groups in total. The molecule has 1 aromatic carbocycles. The molecule has 2 rings (SSSR count). The van der Waals surface area contributed by atoms with E-state index in [0.717, 1.165) is 12.1 Å². The van der Waals surface area contributed by atoms with Crippen LogP contribution in [-0.2, 0) is 34.0 Å². The van der Waals surface area contributed by atoms with Gasteiger partial charge in [-0.3, -0.25) is 4.98 Å². The van der Waals surface area contributed by atoms with Gasteiger partial charge < -0.3 is 4.18 Å². The highest BCUT2D eigenvalue weighted by atomic mass is 32.3. The Morgan fingerprint density at radius 2 is 1.12 bits per heavy atom. The number of hydrogen-bond acceptors (Lipinski definition) is 9. The third kappa shape index (κ3) is 7.30. The van der Waals surface area contributed by atoms with Gasteiger partial charge in [0.05, 0.1) is 5.52 Å². The van der Waals surface area contributed by atoms with Gasteiger partial charge in [0.25, 0.3) is 0 Å². The van der Waals surface area contributed by atoms with Crippen LogP contribution in [0.3, 0.4) is 0 Å². The molecule has 0 saturated heterocycles. The molecule has 0 aliphatic carbocycles. The van der Waals surface area contributed by atoms with E-state index in [4.69, 9.17) is 0 Å². The molecule has 0 amide bonds. The van der Waals surface area contributed by atoms with Crippen molar-refractivity contribution < 1.29 is 72.6 Å². The van der Waals surface area contributed by atoms with Crippen molar-refractivity contribution in [1.82, 2.24) is 4.98 Å². The third-order valence-electron chi connectivity index (χ3n) is 2.81. The lowest BCUT2D eigenvalue weighted by atomic mass is 10.2. The first-order chi connectivity index (χ1) is 14.5. The maximum absolute atomic E-state index is 12.1. The zero-order valence-electron chi connectivity index (χ0n) is 14.8. The van der Waals surface area contributed by atoms with Crippen molar-refractivity contribution in [3.63, 3.8) is 0 Å². The predicted molar refractivity (Wildman–Crippen MR) is 88.4 cm³/mol. The number of fused-ring (bicyclic) bond motifs is 1. The Labute approximate surface area is 178 Å². The average Bonchev–Trinajstić information content (AvgIpc) is 2.58. The summed E-state index contributed by atoms with van der Waals surface area (Å²) in [5.41, 5.74) is -17.6. The van der Waals surface area contributed by atoms with Gasteiger partial charge in [-0.25, -0.2) is 0 Å². The first-order valence-electron chi connectivity index (χ1n) is 7.19. The second kappa shape index (κ2) is 9.10. The number of pyridine rings is 1. The lowest BCUT2D eigenvalue weighted by Crippen LogP contribution is -2.34. The molecule has 0 saturated carbocycles. The Kier molecular flexibility index (Phi) is 7.90. The standard InChI is InChI=1S/C10H6F3NO3S.C2F6O5S2/c11-10(12,13)18(15,16)17-8-4-3-7-2-1-5-14-9(7)6-8;3-1(4,5)14(9,10)13-15(11,12)2(6,7)8/h1-6H;. The summed E-state index contributed by atoms with van der Waals surface area (Å²) in [4.78, 5) is 3.88. The summed E-state index contributed by atoms with van der Waals surface area (Å²) in [5.74, 6) is -0.432. The number of aromatic nitrogens is 1. The number of hydrogen-bond donors (Lipinski definition) is 0. The predicted octanol–water partition coefficient (Wildman–Crippen LogP) is 3.17. The largest absolute Gasteiger partial charge is 0.534 e. The summed E-state index contributed by atoms with van der Waals surface area (Å²) < 4.78 is 172. The summed E-state index contributed by atoms with van der Waals surface area (Å²) in [6.07, 6.45) is 1.43. The van der Waals surface area contributed by atoms with E-state index in [0.29, 0.717) is 10.9 Å².